The van der Waals surface area contributed by atoms with Gasteiger partial charge in [0.25, 0.3) is 0 Å². The van der Waals surface area contributed by atoms with Crippen LogP contribution in [0.25, 0.3) is 0 Å². The molecular formula is C19H19NO4. The molecule has 0 amide bonds. The van der Waals surface area contributed by atoms with Crippen LogP contribution in [0.3, 0.4) is 0 Å². The van der Waals surface area contributed by atoms with Gasteiger partial charge in [-0.25, -0.2) is 9.59 Å². The third-order valence-corrected chi connectivity index (χ3v) is 5.14. The lowest BCUT2D eigenvalue weighted by Gasteiger charge is -2.38. The fraction of sp³-hybridized carbons (Fsp3) is 0.368. The van der Waals surface area contributed by atoms with Crippen LogP contribution >= 0.6 is 0 Å². The van der Waals surface area contributed by atoms with Crippen LogP contribution in [0, 0.1) is 0 Å². The molecule has 0 aromatic heterocycles. The van der Waals surface area contributed by atoms with E-state index >= 15 is 0 Å². The first-order chi connectivity index (χ1) is 11.4. The molecule has 3 aliphatic heterocycles. The van der Waals surface area contributed by atoms with Crippen LogP contribution in [0.1, 0.15) is 25.8 Å². The van der Waals surface area contributed by atoms with Crippen molar-refractivity contribution < 1.29 is 19.1 Å². The molecule has 0 bridgehead atoms. The number of esters is 2. The molecule has 1 aromatic rings. The molecule has 124 valence electrons. The summed E-state index contributed by atoms with van der Waals surface area (Å²) >= 11 is 0. The number of anilines is 1. The predicted molar refractivity (Wildman–Crippen MR) is 88.4 cm³/mol. The van der Waals surface area contributed by atoms with Crippen LogP contribution in [-0.4, -0.2) is 31.7 Å². The number of fused-ring (bicyclic) bond motifs is 4. The number of methoxy groups -OCH3 is 1. The van der Waals surface area contributed by atoms with Gasteiger partial charge in [-0.15, -0.1) is 0 Å². The molecule has 4 rings (SSSR count). The molecule has 0 fully saturated rings. The molecule has 0 radical (unpaired) electrons. The van der Waals surface area contributed by atoms with E-state index in [1.54, 1.807) is 6.08 Å². The number of hydrogen-bond donors (Lipinski definition) is 0. The maximum atomic E-state index is 12.1. The molecule has 0 saturated carbocycles. The molecule has 0 N–H and O–H groups in total. The minimum Gasteiger partial charge on any atom is -0.465 e. The lowest BCUT2D eigenvalue weighted by molar-refractivity contribution is -0.149. The summed E-state index contributed by atoms with van der Waals surface area (Å²) in [6.45, 7) is 5.12. The van der Waals surface area contributed by atoms with Gasteiger partial charge in [0.15, 0.2) is 0 Å². The number of allylic oxidation sites excluding steroid dienone is 1. The first-order valence-corrected chi connectivity index (χ1v) is 8.08. The van der Waals surface area contributed by atoms with Gasteiger partial charge >= 0.3 is 11.9 Å². The zero-order chi connectivity index (χ0) is 17.1. The van der Waals surface area contributed by atoms with Crippen LogP contribution in [0.2, 0.25) is 0 Å². The Labute approximate surface area is 140 Å². The van der Waals surface area contributed by atoms with Crippen molar-refractivity contribution in [1.29, 1.82) is 0 Å². The van der Waals surface area contributed by atoms with Crippen LogP contribution in [0.15, 0.2) is 47.2 Å². The second-order valence-corrected chi connectivity index (χ2v) is 6.83. The van der Waals surface area contributed by atoms with Crippen LogP contribution < -0.4 is 4.90 Å². The van der Waals surface area contributed by atoms with Gasteiger partial charge in [0.2, 0.25) is 0 Å². The highest BCUT2D eigenvalue weighted by molar-refractivity contribution is 6.15. The fourth-order valence-electron chi connectivity index (χ4n) is 4.07. The molecule has 1 unspecified atom stereocenters. The van der Waals surface area contributed by atoms with Gasteiger partial charge in [0.05, 0.1) is 7.11 Å². The normalized spacial score (nSPS) is 23.8. The molecule has 3 aliphatic rings. The molecule has 5 heteroatoms. The van der Waals surface area contributed by atoms with E-state index in [1.165, 1.54) is 18.4 Å². The van der Waals surface area contributed by atoms with Crippen molar-refractivity contribution in [3.05, 3.63) is 52.7 Å². The summed E-state index contributed by atoms with van der Waals surface area (Å²) in [5, 5.41) is 0. The summed E-state index contributed by atoms with van der Waals surface area (Å²) in [6, 6.07) is 8.32. The Balaban J connectivity index is 1.94. The van der Waals surface area contributed by atoms with E-state index in [1.807, 2.05) is 12.1 Å². The second-order valence-electron chi connectivity index (χ2n) is 6.83. The molecular weight excluding hydrogens is 306 g/mol. The van der Waals surface area contributed by atoms with Gasteiger partial charge < -0.3 is 14.4 Å². The highest BCUT2D eigenvalue weighted by Crippen LogP contribution is 2.51. The Hall–Kier alpha value is -2.56. The van der Waals surface area contributed by atoms with Gasteiger partial charge in [-0.05, 0) is 17.7 Å². The lowest BCUT2D eigenvalue weighted by Crippen LogP contribution is -2.41. The summed E-state index contributed by atoms with van der Waals surface area (Å²) in [6.07, 6.45) is 2.07. The molecule has 5 nitrogen and oxygen atoms in total. The van der Waals surface area contributed by atoms with Crippen molar-refractivity contribution in [3.63, 3.8) is 0 Å². The topological polar surface area (TPSA) is 55.8 Å². The molecule has 0 saturated heterocycles. The smallest absolute Gasteiger partial charge is 0.346 e. The van der Waals surface area contributed by atoms with E-state index in [2.05, 4.69) is 30.9 Å². The first kappa shape index (κ1) is 15.0. The maximum Gasteiger partial charge on any atom is 0.346 e. The van der Waals surface area contributed by atoms with Crippen molar-refractivity contribution >= 4 is 17.6 Å². The lowest BCUT2D eigenvalue weighted by atomic mass is 9.79. The van der Waals surface area contributed by atoms with Gasteiger partial charge in [0.1, 0.15) is 11.7 Å². The summed E-state index contributed by atoms with van der Waals surface area (Å²) in [5.41, 5.74) is 4.19. The Morgan fingerprint density at radius 1 is 1.33 bits per heavy atom. The van der Waals surface area contributed by atoms with Gasteiger partial charge in [-0.2, -0.15) is 0 Å². The monoisotopic (exact) mass is 325 g/mol. The van der Waals surface area contributed by atoms with Gasteiger partial charge in [0, 0.05) is 35.3 Å². The number of para-hydroxylation sites is 1. The first-order valence-electron chi connectivity index (χ1n) is 8.08. The SMILES string of the molecule is COC(=O)C1=CC2=C3N(CCC2OC1=O)c1ccccc1C3(C)C. The zero-order valence-electron chi connectivity index (χ0n) is 14.0. The van der Waals surface area contributed by atoms with Crippen molar-refractivity contribution in [2.45, 2.75) is 31.8 Å². The Morgan fingerprint density at radius 2 is 2.08 bits per heavy atom. The van der Waals surface area contributed by atoms with Crippen LogP contribution in [0.5, 0.6) is 0 Å². The number of ether oxygens (including phenoxy) is 2. The summed E-state index contributed by atoms with van der Waals surface area (Å²) in [4.78, 5) is 26.3. The number of carbonyl (C=O) groups is 2. The van der Waals surface area contributed by atoms with Crippen molar-refractivity contribution in [3.8, 4) is 0 Å². The van der Waals surface area contributed by atoms with Gasteiger partial charge in [-0.3, -0.25) is 0 Å². The zero-order valence-corrected chi connectivity index (χ0v) is 14.0. The van der Waals surface area contributed by atoms with E-state index in [0.29, 0.717) is 6.42 Å². The van der Waals surface area contributed by atoms with E-state index in [4.69, 9.17) is 9.47 Å². The quantitative estimate of drug-likeness (QED) is 0.586. The van der Waals surface area contributed by atoms with E-state index < -0.39 is 11.9 Å². The second kappa shape index (κ2) is 4.97. The number of carbonyl (C=O) groups excluding carboxylic acids is 2. The number of benzene rings is 1. The van der Waals surface area contributed by atoms with Crippen molar-refractivity contribution in [2.24, 2.45) is 0 Å². The average molecular weight is 325 g/mol. The van der Waals surface area contributed by atoms with Gasteiger partial charge in [-0.1, -0.05) is 32.0 Å². The molecule has 1 aromatic carbocycles. The van der Waals surface area contributed by atoms with Crippen molar-refractivity contribution in [2.75, 3.05) is 18.6 Å². The highest BCUT2D eigenvalue weighted by atomic mass is 16.6. The summed E-state index contributed by atoms with van der Waals surface area (Å²) in [7, 11) is 1.27. The Bertz CT molecular complexity index is 818. The van der Waals surface area contributed by atoms with Crippen molar-refractivity contribution in [1.82, 2.24) is 0 Å². The maximum absolute atomic E-state index is 12.1. The van der Waals surface area contributed by atoms with E-state index in [-0.39, 0.29) is 17.1 Å². The predicted octanol–water partition coefficient (Wildman–Crippen LogP) is 2.47. The largest absolute Gasteiger partial charge is 0.465 e. The minimum absolute atomic E-state index is 0.0372. The molecule has 0 aliphatic carbocycles. The Kier molecular flexibility index (Phi) is 3.10. The third-order valence-electron chi connectivity index (χ3n) is 5.14. The average Bonchev–Trinajstić information content (AvgIpc) is 2.82. The molecule has 3 heterocycles. The fourth-order valence-corrected chi connectivity index (χ4v) is 4.07. The molecule has 24 heavy (non-hydrogen) atoms. The Morgan fingerprint density at radius 3 is 2.83 bits per heavy atom. The number of hydrogen-bond acceptors (Lipinski definition) is 5. The number of rotatable bonds is 1. The molecule has 0 spiro atoms. The third kappa shape index (κ3) is 1.87. The summed E-state index contributed by atoms with van der Waals surface area (Å²) < 4.78 is 10.3. The highest BCUT2D eigenvalue weighted by Gasteiger charge is 2.47. The van der Waals surface area contributed by atoms with Crippen LogP contribution in [-0.2, 0) is 24.5 Å². The number of nitrogens with zero attached hydrogens (tertiary/aromatic N) is 1. The minimum atomic E-state index is -0.656. The van der Waals surface area contributed by atoms with E-state index in [9.17, 15) is 9.59 Å². The van der Waals surface area contributed by atoms with Crippen LogP contribution in [0.4, 0.5) is 5.69 Å². The molecule has 1 atom stereocenters. The van der Waals surface area contributed by atoms with E-state index in [0.717, 1.165) is 17.8 Å². The summed E-state index contributed by atoms with van der Waals surface area (Å²) in [5.74, 6) is -1.25. The standard InChI is InChI=1S/C19H19NO4/c1-19(2)13-6-4-5-7-14(13)20-9-8-15-11(16(19)20)10-12(17(21)23-3)18(22)24-15/h4-7,10,15H,8-9H2,1-3H3.